The highest BCUT2D eigenvalue weighted by Gasteiger charge is 2.21. The third kappa shape index (κ3) is 4.85. The lowest BCUT2D eigenvalue weighted by atomic mass is 9.89. The van der Waals surface area contributed by atoms with Gasteiger partial charge in [0.25, 0.3) is 0 Å². The van der Waals surface area contributed by atoms with Gasteiger partial charge in [0.05, 0.1) is 0 Å². The predicted molar refractivity (Wildman–Crippen MR) is 114 cm³/mol. The summed E-state index contributed by atoms with van der Waals surface area (Å²) in [7, 11) is 0. The van der Waals surface area contributed by atoms with Crippen molar-refractivity contribution in [2.45, 2.75) is 38.5 Å². The maximum Gasteiger partial charge on any atom is 0.184 e. The first-order valence-corrected chi connectivity index (χ1v) is 9.85. The van der Waals surface area contributed by atoms with Gasteiger partial charge in [0, 0.05) is 11.1 Å². The number of rotatable bonds is 4. The summed E-state index contributed by atoms with van der Waals surface area (Å²) in [6.07, 6.45) is 21.1. The number of ketones is 1. The molecule has 1 saturated carbocycles. The average Bonchev–Trinajstić information content (AvgIpc) is 2.85. The number of allylic oxidation sites excluding steroid dienone is 8. The molecule has 6 N–H and O–H groups in total. The first-order valence-electron chi connectivity index (χ1n) is 9.85. The summed E-state index contributed by atoms with van der Waals surface area (Å²) < 4.78 is 0. The molecular formula is C23H28N4O. The minimum Gasteiger partial charge on any atom is -0.384 e. The minimum absolute atomic E-state index is 0.0839. The number of amidine groups is 2. The Kier molecular flexibility index (Phi) is 6.24. The van der Waals surface area contributed by atoms with Gasteiger partial charge in [0.2, 0.25) is 0 Å². The molecule has 5 heteroatoms. The number of hydrogen-bond acceptors (Lipinski definition) is 3. The quantitative estimate of drug-likeness (QED) is 0.258. The molecule has 0 unspecified atom stereocenters. The second-order valence-electron chi connectivity index (χ2n) is 7.58. The van der Waals surface area contributed by atoms with E-state index in [9.17, 15) is 4.79 Å². The van der Waals surface area contributed by atoms with Crippen molar-refractivity contribution in [2.24, 2.45) is 23.3 Å². The summed E-state index contributed by atoms with van der Waals surface area (Å²) >= 11 is 0. The highest BCUT2D eigenvalue weighted by Crippen LogP contribution is 2.29. The van der Waals surface area contributed by atoms with Gasteiger partial charge >= 0.3 is 0 Å². The highest BCUT2D eigenvalue weighted by atomic mass is 16.1. The number of carbonyl (C=O) groups excluding carboxylic acids is 1. The van der Waals surface area contributed by atoms with Gasteiger partial charge in [-0.15, -0.1) is 0 Å². The Labute approximate surface area is 166 Å². The number of nitrogens with one attached hydrogen (secondary N) is 2. The lowest BCUT2D eigenvalue weighted by Gasteiger charge is -2.16. The molecule has 146 valence electrons. The van der Waals surface area contributed by atoms with Crippen molar-refractivity contribution in [2.75, 3.05) is 0 Å². The zero-order chi connectivity index (χ0) is 20.1. The minimum atomic E-state index is 0.0839. The zero-order valence-electron chi connectivity index (χ0n) is 16.1. The van der Waals surface area contributed by atoms with Gasteiger partial charge in [0.15, 0.2) is 5.78 Å². The van der Waals surface area contributed by atoms with Crippen molar-refractivity contribution < 1.29 is 4.79 Å². The van der Waals surface area contributed by atoms with Crippen LogP contribution in [0.15, 0.2) is 70.9 Å². The molecule has 3 rings (SSSR count). The molecule has 0 spiro atoms. The molecule has 0 aromatic heterocycles. The molecule has 0 amide bonds. The SMILES string of the molecule is N=C(N)C1=CC[C@H](/C=C2\CCCC/C(=C\[C@@H]3C=CC(C(=N)N)=CC3)C2=O)C=C1. The number of Topliss-reactive ketones (excluding diaryl/α,β-unsaturated/α-hetero) is 1. The van der Waals surface area contributed by atoms with Crippen LogP contribution in [0.1, 0.15) is 38.5 Å². The summed E-state index contributed by atoms with van der Waals surface area (Å²) in [4.78, 5) is 13.1. The Balaban J connectivity index is 1.73. The Morgan fingerprint density at radius 2 is 1.29 bits per heavy atom. The molecule has 0 aromatic carbocycles. The van der Waals surface area contributed by atoms with E-state index in [0.29, 0.717) is 0 Å². The summed E-state index contributed by atoms with van der Waals surface area (Å²) in [6.45, 7) is 0. The van der Waals surface area contributed by atoms with Gasteiger partial charge in [-0.25, -0.2) is 0 Å². The molecule has 3 aliphatic rings. The molecule has 28 heavy (non-hydrogen) atoms. The van der Waals surface area contributed by atoms with Crippen molar-refractivity contribution in [3.63, 3.8) is 0 Å². The molecule has 5 nitrogen and oxygen atoms in total. The number of carbonyl (C=O) groups is 1. The molecule has 2 atom stereocenters. The molecule has 0 bridgehead atoms. The van der Waals surface area contributed by atoms with Gasteiger partial charge in [-0.3, -0.25) is 15.6 Å². The topological polar surface area (TPSA) is 117 Å². The summed E-state index contributed by atoms with van der Waals surface area (Å²) in [5.41, 5.74) is 14.4. The fraction of sp³-hybridized carbons (Fsp3) is 0.348. The van der Waals surface area contributed by atoms with Crippen molar-refractivity contribution in [1.82, 2.24) is 0 Å². The molecule has 0 aromatic rings. The Bertz CT molecular complexity index is 797. The van der Waals surface area contributed by atoms with E-state index in [1.807, 2.05) is 36.5 Å². The normalized spacial score (nSPS) is 28.1. The maximum absolute atomic E-state index is 13.1. The smallest absolute Gasteiger partial charge is 0.184 e. The van der Waals surface area contributed by atoms with Crippen molar-refractivity contribution in [1.29, 1.82) is 10.8 Å². The molecule has 3 aliphatic carbocycles. The van der Waals surface area contributed by atoms with E-state index in [1.54, 1.807) is 0 Å². The van der Waals surface area contributed by atoms with Crippen molar-refractivity contribution in [3.8, 4) is 0 Å². The van der Waals surface area contributed by atoms with E-state index in [0.717, 1.165) is 60.8 Å². The van der Waals surface area contributed by atoms with Crippen molar-refractivity contribution >= 4 is 17.5 Å². The van der Waals surface area contributed by atoms with Crippen LogP contribution in [0.3, 0.4) is 0 Å². The van der Waals surface area contributed by atoms with E-state index in [4.69, 9.17) is 22.3 Å². The lowest BCUT2D eigenvalue weighted by Crippen LogP contribution is -2.15. The van der Waals surface area contributed by atoms with Crippen LogP contribution in [0, 0.1) is 22.7 Å². The van der Waals surface area contributed by atoms with Crippen LogP contribution < -0.4 is 11.5 Å². The molecule has 0 saturated heterocycles. The summed E-state index contributed by atoms with van der Waals surface area (Å²) in [5, 5.41) is 15.0. The maximum atomic E-state index is 13.1. The van der Waals surface area contributed by atoms with E-state index in [1.165, 1.54) is 0 Å². The largest absolute Gasteiger partial charge is 0.384 e. The second kappa shape index (κ2) is 8.83. The van der Waals surface area contributed by atoms with Crippen LogP contribution in [-0.2, 0) is 4.79 Å². The van der Waals surface area contributed by atoms with Gasteiger partial charge < -0.3 is 11.5 Å². The summed E-state index contributed by atoms with van der Waals surface area (Å²) in [6, 6.07) is 0. The Morgan fingerprint density at radius 1 is 0.857 bits per heavy atom. The van der Waals surface area contributed by atoms with Gasteiger partial charge in [-0.1, -0.05) is 48.6 Å². The Hall–Kier alpha value is -2.95. The fourth-order valence-corrected chi connectivity index (χ4v) is 3.82. The van der Waals surface area contributed by atoms with Crippen LogP contribution in [0.5, 0.6) is 0 Å². The molecule has 1 fully saturated rings. The molecular weight excluding hydrogens is 348 g/mol. The van der Waals surface area contributed by atoms with Gasteiger partial charge in [0.1, 0.15) is 11.7 Å². The fourth-order valence-electron chi connectivity index (χ4n) is 3.82. The van der Waals surface area contributed by atoms with E-state index in [-0.39, 0.29) is 29.3 Å². The van der Waals surface area contributed by atoms with Crippen LogP contribution in [-0.4, -0.2) is 17.5 Å². The van der Waals surface area contributed by atoms with Gasteiger partial charge in [-0.2, -0.15) is 0 Å². The van der Waals surface area contributed by atoms with Crippen LogP contribution in [0.25, 0.3) is 0 Å². The first-order chi connectivity index (χ1) is 13.4. The summed E-state index contributed by atoms with van der Waals surface area (Å²) in [5.74, 6) is 0.692. The third-order valence-electron chi connectivity index (χ3n) is 5.44. The van der Waals surface area contributed by atoms with E-state index < -0.39 is 0 Å². The number of hydrogen-bond donors (Lipinski definition) is 4. The van der Waals surface area contributed by atoms with E-state index >= 15 is 0 Å². The number of nitrogens with two attached hydrogens (primary N) is 2. The standard InChI is InChI=1S/C23H28N4O/c24-22(25)17-9-5-15(6-10-17)13-19-3-1-2-4-20(21(19)28)14-16-7-11-18(12-8-16)23(26)27/h5,7,9-16H,1-4,6,8H2,(H3,24,25)(H3,26,27)/b19-13+,20-14+/t15-,16-/m1/s1. The van der Waals surface area contributed by atoms with Crippen LogP contribution in [0.4, 0.5) is 0 Å². The monoisotopic (exact) mass is 376 g/mol. The third-order valence-corrected chi connectivity index (χ3v) is 5.44. The molecule has 0 radical (unpaired) electrons. The average molecular weight is 377 g/mol. The second-order valence-corrected chi connectivity index (χ2v) is 7.58. The van der Waals surface area contributed by atoms with Crippen molar-refractivity contribution in [3.05, 3.63) is 70.9 Å². The lowest BCUT2D eigenvalue weighted by molar-refractivity contribution is -0.112. The van der Waals surface area contributed by atoms with Crippen LogP contribution >= 0.6 is 0 Å². The molecule has 0 aliphatic heterocycles. The first kappa shape index (κ1) is 19.8. The van der Waals surface area contributed by atoms with Crippen LogP contribution in [0.2, 0.25) is 0 Å². The highest BCUT2D eigenvalue weighted by molar-refractivity contribution is 6.08. The Morgan fingerprint density at radius 3 is 1.61 bits per heavy atom. The van der Waals surface area contributed by atoms with Gasteiger partial charge in [-0.05, 0) is 61.5 Å². The predicted octanol–water partition coefficient (Wildman–Crippen LogP) is 3.86. The van der Waals surface area contributed by atoms with E-state index in [2.05, 4.69) is 12.2 Å². The molecule has 0 heterocycles. The zero-order valence-corrected chi connectivity index (χ0v) is 16.1.